The van der Waals surface area contributed by atoms with E-state index < -0.39 is 0 Å². The molecule has 2 aromatic rings. The number of aromatic nitrogens is 2. The number of hydrogen-bond donors (Lipinski definition) is 2. The lowest BCUT2D eigenvalue weighted by atomic mass is 10.2. The van der Waals surface area contributed by atoms with E-state index in [4.69, 9.17) is 11.6 Å². The molecule has 2 N–H and O–H groups in total. The molecule has 5 heteroatoms. The SMILES string of the molecule is CCc1nc(NC)c(C)c(Nc2cccc(Cl)c2)n1. The van der Waals surface area contributed by atoms with Crippen molar-refractivity contribution in [2.24, 2.45) is 0 Å². The predicted octanol–water partition coefficient (Wildman–Crippen LogP) is 3.79. The van der Waals surface area contributed by atoms with Gasteiger partial charge < -0.3 is 10.6 Å². The fourth-order valence-corrected chi connectivity index (χ4v) is 1.98. The number of halogens is 1. The molecular formula is C14H17ClN4. The minimum atomic E-state index is 0.696. The fourth-order valence-electron chi connectivity index (χ4n) is 1.79. The second kappa shape index (κ2) is 5.89. The maximum Gasteiger partial charge on any atom is 0.139 e. The summed E-state index contributed by atoms with van der Waals surface area (Å²) in [7, 11) is 1.86. The van der Waals surface area contributed by atoms with E-state index in [2.05, 4.69) is 20.6 Å². The molecule has 0 unspecified atom stereocenters. The Kier molecular flexibility index (Phi) is 4.22. The number of hydrogen-bond acceptors (Lipinski definition) is 4. The fraction of sp³-hybridized carbons (Fsp3) is 0.286. The van der Waals surface area contributed by atoms with Crippen molar-refractivity contribution in [3.05, 3.63) is 40.7 Å². The van der Waals surface area contributed by atoms with E-state index in [0.717, 1.165) is 35.1 Å². The predicted molar refractivity (Wildman–Crippen MR) is 80.4 cm³/mol. The van der Waals surface area contributed by atoms with Gasteiger partial charge in [-0.25, -0.2) is 9.97 Å². The summed E-state index contributed by atoms with van der Waals surface area (Å²) in [6.07, 6.45) is 0.791. The van der Waals surface area contributed by atoms with E-state index in [1.54, 1.807) is 0 Å². The second-order valence-corrected chi connectivity index (χ2v) is 4.64. The zero-order chi connectivity index (χ0) is 13.8. The van der Waals surface area contributed by atoms with Crippen LogP contribution in [0.15, 0.2) is 24.3 Å². The molecule has 1 aromatic heterocycles. The molecule has 1 heterocycles. The van der Waals surface area contributed by atoms with Crippen LogP contribution in [0.25, 0.3) is 0 Å². The molecule has 0 aliphatic heterocycles. The molecule has 0 bridgehead atoms. The minimum absolute atomic E-state index is 0.696. The average Bonchev–Trinajstić information content (AvgIpc) is 2.41. The van der Waals surface area contributed by atoms with Gasteiger partial charge in [-0.3, -0.25) is 0 Å². The lowest BCUT2D eigenvalue weighted by Crippen LogP contribution is -2.06. The minimum Gasteiger partial charge on any atom is -0.373 e. The molecule has 4 nitrogen and oxygen atoms in total. The molecule has 0 radical (unpaired) electrons. The van der Waals surface area contributed by atoms with Crippen molar-refractivity contribution < 1.29 is 0 Å². The molecule has 0 aliphatic rings. The first-order valence-electron chi connectivity index (χ1n) is 6.22. The highest BCUT2D eigenvalue weighted by molar-refractivity contribution is 6.30. The van der Waals surface area contributed by atoms with Gasteiger partial charge in [0.2, 0.25) is 0 Å². The monoisotopic (exact) mass is 276 g/mol. The number of nitrogens with one attached hydrogen (secondary N) is 2. The van der Waals surface area contributed by atoms with Gasteiger partial charge >= 0.3 is 0 Å². The summed E-state index contributed by atoms with van der Waals surface area (Å²) >= 11 is 5.98. The van der Waals surface area contributed by atoms with Crippen molar-refractivity contribution >= 4 is 28.9 Å². The number of rotatable bonds is 4. The molecule has 0 saturated heterocycles. The lowest BCUT2D eigenvalue weighted by Gasteiger charge is -2.13. The first-order chi connectivity index (χ1) is 9.13. The van der Waals surface area contributed by atoms with Gasteiger partial charge in [0, 0.05) is 29.7 Å². The zero-order valence-corrected chi connectivity index (χ0v) is 12.0. The second-order valence-electron chi connectivity index (χ2n) is 4.20. The van der Waals surface area contributed by atoms with E-state index in [1.165, 1.54) is 0 Å². The Morgan fingerprint density at radius 2 is 1.95 bits per heavy atom. The van der Waals surface area contributed by atoms with Crippen molar-refractivity contribution in [3.63, 3.8) is 0 Å². The molecule has 0 saturated carbocycles. The van der Waals surface area contributed by atoms with Crippen molar-refractivity contribution in [3.8, 4) is 0 Å². The first-order valence-corrected chi connectivity index (χ1v) is 6.59. The van der Waals surface area contributed by atoms with Gasteiger partial charge in [-0.1, -0.05) is 24.6 Å². The van der Waals surface area contributed by atoms with Gasteiger partial charge in [-0.05, 0) is 25.1 Å². The highest BCUT2D eigenvalue weighted by Crippen LogP contribution is 2.24. The average molecular weight is 277 g/mol. The number of anilines is 3. The maximum absolute atomic E-state index is 5.98. The van der Waals surface area contributed by atoms with Crippen LogP contribution in [0, 0.1) is 6.92 Å². The summed E-state index contributed by atoms with van der Waals surface area (Å²) < 4.78 is 0. The largest absolute Gasteiger partial charge is 0.373 e. The Bertz CT molecular complexity index is 584. The number of benzene rings is 1. The first kappa shape index (κ1) is 13.6. The zero-order valence-electron chi connectivity index (χ0n) is 11.3. The lowest BCUT2D eigenvalue weighted by molar-refractivity contribution is 0.935. The van der Waals surface area contributed by atoms with Gasteiger partial charge in [0.15, 0.2) is 0 Å². The molecule has 19 heavy (non-hydrogen) atoms. The van der Waals surface area contributed by atoms with E-state index in [0.29, 0.717) is 5.02 Å². The molecule has 0 fully saturated rings. The Balaban J connectivity index is 2.38. The van der Waals surface area contributed by atoms with Crippen molar-refractivity contribution in [2.45, 2.75) is 20.3 Å². The topological polar surface area (TPSA) is 49.8 Å². The number of aryl methyl sites for hydroxylation is 1. The van der Waals surface area contributed by atoms with Crippen molar-refractivity contribution in [1.82, 2.24) is 9.97 Å². The van der Waals surface area contributed by atoms with Crippen LogP contribution in [0.4, 0.5) is 17.3 Å². The third-order valence-corrected chi connectivity index (χ3v) is 3.07. The molecule has 100 valence electrons. The van der Waals surface area contributed by atoms with Crippen LogP contribution in [-0.2, 0) is 6.42 Å². The summed E-state index contributed by atoms with van der Waals surface area (Å²) in [5.41, 5.74) is 1.90. The quantitative estimate of drug-likeness (QED) is 0.892. The van der Waals surface area contributed by atoms with Crippen LogP contribution >= 0.6 is 11.6 Å². The van der Waals surface area contributed by atoms with Crippen LogP contribution in [0.3, 0.4) is 0 Å². The van der Waals surface area contributed by atoms with Gasteiger partial charge in [-0.15, -0.1) is 0 Å². The highest BCUT2D eigenvalue weighted by Gasteiger charge is 2.09. The van der Waals surface area contributed by atoms with Crippen LogP contribution in [0.5, 0.6) is 0 Å². The van der Waals surface area contributed by atoms with E-state index in [9.17, 15) is 0 Å². The molecule has 1 aromatic carbocycles. The van der Waals surface area contributed by atoms with E-state index in [-0.39, 0.29) is 0 Å². The molecule has 0 atom stereocenters. The Morgan fingerprint density at radius 1 is 1.21 bits per heavy atom. The third-order valence-electron chi connectivity index (χ3n) is 2.83. The summed E-state index contributed by atoms with van der Waals surface area (Å²) in [4.78, 5) is 8.96. The normalized spacial score (nSPS) is 10.3. The highest BCUT2D eigenvalue weighted by atomic mass is 35.5. The molecular weight excluding hydrogens is 260 g/mol. The summed E-state index contributed by atoms with van der Waals surface area (Å²) in [5, 5.41) is 7.07. The number of nitrogens with zero attached hydrogens (tertiary/aromatic N) is 2. The molecule has 0 spiro atoms. The Morgan fingerprint density at radius 3 is 2.58 bits per heavy atom. The summed E-state index contributed by atoms with van der Waals surface area (Å²) in [6.45, 7) is 4.02. The van der Waals surface area contributed by atoms with Gasteiger partial charge in [-0.2, -0.15) is 0 Å². The van der Waals surface area contributed by atoms with Gasteiger partial charge in [0.1, 0.15) is 17.5 Å². The van der Waals surface area contributed by atoms with Crippen LogP contribution in [0.2, 0.25) is 5.02 Å². The van der Waals surface area contributed by atoms with E-state index >= 15 is 0 Å². The Hall–Kier alpha value is -1.81. The standard InChI is InChI=1S/C14H17ClN4/c1-4-12-18-13(16-3)9(2)14(19-12)17-11-7-5-6-10(15)8-11/h5-8H,4H2,1-3H3,(H2,16,17,18,19). The molecule has 2 rings (SSSR count). The smallest absolute Gasteiger partial charge is 0.139 e. The molecule has 0 amide bonds. The Labute approximate surface area is 118 Å². The van der Waals surface area contributed by atoms with Crippen molar-refractivity contribution in [1.29, 1.82) is 0 Å². The van der Waals surface area contributed by atoms with Crippen molar-refractivity contribution in [2.75, 3.05) is 17.7 Å². The van der Waals surface area contributed by atoms with Gasteiger partial charge in [0.05, 0.1) is 0 Å². The summed E-state index contributed by atoms with van der Waals surface area (Å²) in [5.74, 6) is 2.45. The van der Waals surface area contributed by atoms with Gasteiger partial charge in [0.25, 0.3) is 0 Å². The van der Waals surface area contributed by atoms with Crippen LogP contribution in [-0.4, -0.2) is 17.0 Å². The van der Waals surface area contributed by atoms with Crippen LogP contribution in [0.1, 0.15) is 18.3 Å². The van der Waals surface area contributed by atoms with Crippen LogP contribution < -0.4 is 10.6 Å². The van der Waals surface area contributed by atoms with E-state index in [1.807, 2.05) is 45.2 Å². The third kappa shape index (κ3) is 3.15. The summed E-state index contributed by atoms with van der Waals surface area (Å²) in [6, 6.07) is 7.57. The maximum atomic E-state index is 5.98. The molecule has 0 aliphatic carbocycles.